The molecule has 2 bridgehead atoms. The molecule has 200 valence electrons. The summed E-state index contributed by atoms with van der Waals surface area (Å²) in [5.41, 5.74) is 0.725. The first-order valence-electron chi connectivity index (χ1n) is 13.0. The molecule has 4 aliphatic heterocycles. The molecule has 5 rings (SSSR count). The lowest BCUT2D eigenvalue weighted by atomic mass is 9.71. The van der Waals surface area contributed by atoms with E-state index in [4.69, 9.17) is 4.74 Å². The van der Waals surface area contributed by atoms with Gasteiger partial charge in [-0.1, -0.05) is 36.4 Å². The van der Waals surface area contributed by atoms with Crippen LogP contribution in [0, 0.1) is 11.8 Å². The van der Waals surface area contributed by atoms with Crippen molar-refractivity contribution < 1.29 is 29.3 Å². The fourth-order valence-electron chi connectivity index (χ4n) is 6.72. The first-order chi connectivity index (χ1) is 17.9. The maximum absolute atomic E-state index is 14.4. The second kappa shape index (κ2) is 10.8. The van der Waals surface area contributed by atoms with Gasteiger partial charge in [0.1, 0.15) is 6.04 Å². The van der Waals surface area contributed by atoms with Crippen molar-refractivity contribution in [2.75, 3.05) is 52.5 Å². The number of fused-ring (bicyclic) bond motifs is 1. The molecule has 0 radical (unpaired) electrons. The summed E-state index contributed by atoms with van der Waals surface area (Å²) in [5.74, 6) is -3.14. The molecule has 2 amide bonds. The highest BCUT2D eigenvalue weighted by atomic mass is 32.2. The van der Waals surface area contributed by atoms with Crippen LogP contribution in [-0.2, 0) is 19.1 Å². The number of carboxylic acid groups (broad SMARTS) is 1. The Morgan fingerprint density at radius 2 is 2.00 bits per heavy atom. The van der Waals surface area contributed by atoms with E-state index in [2.05, 4.69) is 11.5 Å². The maximum atomic E-state index is 14.4. The van der Waals surface area contributed by atoms with Crippen molar-refractivity contribution in [1.82, 2.24) is 14.7 Å². The Kier molecular flexibility index (Phi) is 7.63. The van der Waals surface area contributed by atoms with E-state index in [9.17, 15) is 24.6 Å². The van der Waals surface area contributed by atoms with Gasteiger partial charge in [0.2, 0.25) is 11.8 Å². The van der Waals surface area contributed by atoms with Crippen LogP contribution in [0.2, 0.25) is 0 Å². The molecular weight excluding hydrogens is 494 g/mol. The molecular formula is C27H35N3O6S. The van der Waals surface area contributed by atoms with Crippen molar-refractivity contribution in [3.05, 3.63) is 48.6 Å². The minimum absolute atomic E-state index is 0.186. The van der Waals surface area contributed by atoms with Crippen LogP contribution in [0.4, 0.5) is 0 Å². The smallest absolute Gasteiger partial charge is 0.308 e. The van der Waals surface area contributed by atoms with Gasteiger partial charge in [-0.3, -0.25) is 19.3 Å². The average molecular weight is 530 g/mol. The lowest BCUT2D eigenvalue weighted by molar-refractivity contribution is -0.150. The lowest BCUT2D eigenvalue weighted by Crippen LogP contribution is -2.56. The topological polar surface area (TPSA) is 111 Å². The highest BCUT2D eigenvalue weighted by Gasteiger charge is 2.74. The highest BCUT2D eigenvalue weighted by Crippen LogP contribution is 2.67. The van der Waals surface area contributed by atoms with Gasteiger partial charge in [0.15, 0.2) is 0 Å². The van der Waals surface area contributed by atoms with E-state index < -0.39 is 34.6 Å². The zero-order valence-electron chi connectivity index (χ0n) is 20.9. The molecule has 6 atom stereocenters. The predicted octanol–water partition coefficient (Wildman–Crippen LogP) is 1.24. The summed E-state index contributed by atoms with van der Waals surface area (Å²) in [6.45, 7) is 7.89. The Balaban J connectivity index is 1.52. The number of likely N-dealkylation sites (tertiary alicyclic amines) is 1. The molecule has 4 aliphatic rings. The molecule has 2 N–H and O–H groups in total. The van der Waals surface area contributed by atoms with E-state index in [-0.39, 0.29) is 23.7 Å². The third-order valence-electron chi connectivity index (χ3n) is 8.40. The zero-order valence-corrected chi connectivity index (χ0v) is 21.7. The van der Waals surface area contributed by atoms with Crippen molar-refractivity contribution in [2.24, 2.45) is 11.8 Å². The second-order valence-electron chi connectivity index (χ2n) is 10.3. The van der Waals surface area contributed by atoms with Crippen molar-refractivity contribution in [3.63, 3.8) is 0 Å². The molecule has 0 aromatic heterocycles. The van der Waals surface area contributed by atoms with Gasteiger partial charge in [-0.05, 0) is 18.4 Å². The molecule has 1 aromatic carbocycles. The number of thioether (sulfide) groups is 1. The van der Waals surface area contributed by atoms with Gasteiger partial charge in [0.05, 0.1) is 42.4 Å². The maximum Gasteiger partial charge on any atom is 0.308 e. The molecule has 1 aromatic rings. The van der Waals surface area contributed by atoms with Crippen molar-refractivity contribution in [1.29, 1.82) is 0 Å². The van der Waals surface area contributed by atoms with Crippen LogP contribution < -0.4 is 0 Å². The van der Waals surface area contributed by atoms with Crippen LogP contribution in [0.3, 0.4) is 0 Å². The summed E-state index contributed by atoms with van der Waals surface area (Å²) in [6, 6.07) is 7.60. The van der Waals surface area contributed by atoms with Crippen LogP contribution in [0.1, 0.15) is 24.4 Å². The first kappa shape index (κ1) is 26.2. The summed E-state index contributed by atoms with van der Waals surface area (Å²) >= 11 is 1.51. The van der Waals surface area contributed by atoms with Crippen molar-refractivity contribution in [3.8, 4) is 0 Å². The summed E-state index contributed by atoms with van der Waals surface area (Å²) in [4.78, 5) is 46.3. The summed E-state index contributed by atoms with van der Waals surface area (Å²) in [7, 11) is 0. The van der Waals surface area contributed by atoms with Gasteiger partial charge < -0.3 is 24.7 Å². The van der Waals surface area contributed by atoms with Crippen molar-refractivity contribution >= 4 is 29.5 Å². The Morgan fingerprint density at radius 3 is 2.65 bits per heavy atom. The molecule has 4 saturated heterocycles. The van der Waals surface area contributed by atoms with Gasteiger partial charge >= 0.3 is 5.97 Å². The van der Waals surface area contributed by atoms with Gasteiger partial charge in [0.25, 0.3) is 0 Å². The number of ether oxygens (including phenoxy) is 1. The van der Waals surface area contributed by atoms with E-state index in [1.807, 2.05) is 30.3 Å². The predicted molar refractivity (Wildman–Crippen MR) is 139 cm³/mol. The molecule has 4 fully saturated rings. The third-order valence-corrected chi connectivity index (χ3v) is 10.4. The van der Waals surface area contributed by atoms with Gasteiger partial charge in [-0.2, -0.15) is 0 Å². The van der Waals surface area contributed by atoms with Crippen LogP contribution in [0.25, 0.3) is 0 Å². The van der Waals surface area contributed by atoms with Crippen LogP contribution in [-0.4, -0.2) is 111 Å². The standard InChI is InChI=1S/C27H35N3O6S/c1-2-10-29(12-11-28-13-15-36-16-14-28)25(33)23-27-9-8-20(37-27)21(26(34)35)22(27)24(32)30(23)19(17-31)18-6-4-3-5-7-18/h2-7,19-23,31H,1,8-17H2,(H,34,35)/t19-,20-,21+,22+,23?,27?/m1/s1. The number of aliphatic carboxylic acids is 1. The largest absolute Gasteiger partial charge is 0.481 e. The molecule has 0 saturated carbocycles. The molecule has 0 aliphatic carbocycles. The number of aliphatic hydroxyl groups excluding tert-OH is 1. The number of rotatable bonds is 10. The first-order valence-corrected chi connectivity index (χ1v) is 13.9. The minimum Gasteiger partial charge on any atom is -0.481 e. The minimum atomic E-state index is -0.985. The van der Waals surface area contributed by atoms with Gasteiger partial charge in [-0.25, -0.2) is 0 Å². The van der Waals surface area contributed by atoms with Crippen LogP contribution in [0.15, 0.2) is 43.0 Å². The quantitative estimate of drug-likeness (QED) is 0.436. The van der Waals surface area contributed by atoms with E-state index in [1.165, 1.54) is 16.7 Å². The van der Waals surface area contributed by atoms with Crippen LogP contribution in [0.5, 0.6) is 0 Å². The van der Waals surface area contributed by atoms with Gasteiger partial charge in [-0.15, -0.1) is 18.3 Å². The Morgan fingerprint density at radius 1 is 1.27 bits per heavy atom. The van der Waals surface area contributed by atoms with E-state index >= 15 is 0 Å². The summed E-state index contributed by atoms with van der Waals surface area (Å²) < 4.78 is 4.62. The molecule has 10 heteroatoms. The Hall–Kier alpha value is -2.40. The Labute approximate surface area is 221 Å². The normalized spacial score (nSPS) is 31.8. The van der Waals surface area contributed by atoms with Gasteiger partial charge in [0, 0.05) is 38.0 Å². The van der Waals surface area contributed by atoms with Crippen LogP contribution >= 0.6 is 11.8 Å². The molecule has 4 heterocycles. The van der Waals surface area contributed by atoms with E-state index in [1.54, 1.807) is 11.0 Å². The number of hydrogen-bond acceptors (Lipinski definition) is 7. The molecule has 1 spiro atoms. The summed E-state index contributed by atoms with van der Waals surface area (Å²) in [5, 5.41) is 20.4. The number of nitrogens with zero attached hydrogens (tertiary/aromatic N) is 3. The SMILES string of the molecule is C=CCN(CCN1CCOCC1)C(=O)C1N([C@H](CO)c2ccccc2)C(=O)[C@@H]2[C@@H](C(=O)O)[C@H]3CCC12S3. The summed E-state index contributed by atoms with van der Waals surface area (Å²) in [6.07, 6.45) is 2.95. The average Bonchev–Trinajstić information content (AvgIpc) is 3.56. The lowest BCUT2D eigenvalue weighted by Gasteiger charge is -2.40. The molecule has 2 unspecified atom stereocenters. The highest BCUT2D eigenvalue weighted by molar-refractivity contribution is 8.02. The fraction of sp³-hybridized carbons (Fsp3) is 0.593. The Bertz CT molecular complexity index is 1030. The van der Waals surface area contributed by atoms with E-state index in [0.717, 1.165) is 18.7 Å². The number of carbonyl (C=O) groups is 3. The number of hydrogen-bond donors (Lipinski definition) is 2. The zero-order chi connectivity index (χ0) is 26.2. The monoisotopic (exact) mass is 529 g/mol. The van der Waals surface area contributed by atoms with Crippen molar-refractivity contribution in [2.45, 2.75) is 34.9 Å². The number of amides is 2. The fourth-order valence-corrected chi connectivity index (χ4v) is 8.92. The number of carboxylic acids is 1. The van der Waals surface area contributed by atoms with E-state index in [0.29, 0.717) is 45.7 Å². The number of benzene rings is 1. The second-order valence-corrected chi connectivity index (χ2v) is 11.9. The number of morpholine rings is 1. The molecule has 37 heavy (non-hydrogen) atoms. The molecule has 9 nitrogen and oxygen atoms in total. The number of carbonyl (C=O) groups excluding carboxylic acids is 2. The third kappa shape index (κ3) is 4.47. The number of aliphatic hydroxyl groups is 1.